The van der Waals surface area contributed by atoms with Crippen molar-refractivity contribution in [3.63, 3.8) is 0 Å². The normalized spacial score (nSPS) is 15.0. The van der Waals surface area contributed by atoms with Crippen molar-refractivity contribution in [2.24, 2.45) is 0 Å². The number of aromatic nitrogens is 5. The van der Waals surface area contributed by atoms with Crippen molar-refractivity contribution in [1.29, 1.82) is 0 Å². The molecule has 11 nitrogen and oxygen atoms in total. The number of anilines is 2. The van der Waals surface area contributed by atoms with E-state index >= 15 is 0 Å². The van der Waals surface area contributed by atoms with E-state index < -0.39 is 6.09 Å². The lowest BCUT2D eigenvalue weighted by Gasteiger charge is -2.17. The first-order valence-corrected chi connectivity index (χ1v) is 14.5. The summed E-state index contributed by atoms with van der Waals surface area (Å²) in [5.74, 6) is 0.224. The minimum absolute atomic E-state index is 0.138. The van der Waals surface area contributed by atoms with E-state index in [1.54, 1.807) is 30.6 Å². The van der Waals surface area contributed by atoms with Crippen molar-refractivity contribution in [2.45, 2.75) is 45.4 Å². The molecule has 2 aromatic carbocycles. The molecule has 1 aliphatic rings. The number of H-pyrrole nitrogens is 1. The number of hydrogen-bond acceptors (Lipinski definition) is 6. The van der Waals surface area contributed by atoms with E-state index in [4.69, 9.17) is 9.72 Å². The molecule has 0 saturated carbocycles. The van der Waals surface area contributed by atoms with Gasteiger partial charge in [-0.05, 0) is 62.6 Å². The van der Waals surface area contributed by atoms with Gasteiger partial charge in [-0.25, -0.2) is 14.5 Å². The fourth-order valence-corrected chi connectivity index (χ4v) is 5.67. The van der Waals surface area contributed by atoms with Crippen molar-refractivity contribution in [2.75, 3.05) is 17.7 Å². The summed E-state index contributed by atoms with van der Waals surface area (Å²) in [6.45, 7) is 3.90. The van der Waals surface area contributed by atoms with Crippen LogP contribution < -0.4 is 15.4 Å². The molecule has 0 radical (unpaired) electrons. The van der Waals surface area contributed by atoms with Crippen LogP contribution in [-0.2, 0) is 9.53 Å². The van der Waals surface area contributed by atoms with Gasteiger partial charge in [0.2, 0.25) is 11.6 Å². The smallest absolute Gasteiger partial charge is 0.411 e. The molecule has 1 atom stereocenters. The third kappa shape index (κ3) is 5.76. The Kier molecular flexibility index (Phi) is 7.84. The Bertz CT molecular complexity index is 1860. The molecule has 4 heterocycles. The number of aromatic amines is 1. The summed E-state index contributed by atoms with van der Waals surface area (Å²) in [5, 5.41) is 23.8. The summed E-state index contributed by atoms with van der Waals surface area (Å²) in [5.41, 5.74) is 7.32. The molecule has 44 heavy (non-hydrogen) atoms. The quantitative estimate of drug-likeness (QED) is 0.173. The summed E-state index contributed by atoms with van der Waals surface area (Å²) in [4.78, 5) is 33.1. The first-order chi connectivity index (χ1) is 21.3. The lowest BCUT2D eigenvalue weighted by molar-refractivity contribution is -0.614. The van der Waals surface area contributed by atoms with E-state index in [0.29, 0.717) is 59.8 Å². The first-order valence-electron chi connectivity index (χ1n) is 14.5. The molecule has 6 rings (SSSR count). The van der Waals surface area contributed by atoms with Crippen LogP contribution in [0.5, 0.6) is 0 Å². The van der Waals surface area contributed by atoms with Gasteiger partial charge >= 0.3 is 6.09 Å². The van der Waals surface area contributed by atoms with Crippen molar-refractivity contribution in [3.8, 4) is 28.1 Å². The van der Waals surface area contributed by atoms with Gasteiger partial charge in [0.25, 0.3) is 0 Å². The van der Waals surface area contributed by atoms with E-state index in [1.807, 2.05) is 61.1 Å². The van der Waals surface area contributed by atoms with Crippen LogP contribution in [0, 0.1) is 19.1 Å². The number of ether oxygens (including phenoxy) is 1. The lowest BCUT2D eigenvalue weighted by atomic mass is 9.95. The summed E-state index contributed by atoms with van der Waals surface area (Å²) >= 11 is 0. The molecule has 0 saturated heterocycles. The second-order valence-electron chi connectivity index (χ2n) is 11.0. The van der Waals surface area contributed by atoms with Gasteiger partial charge in [0.15, 0.2) is 6.20 Å². The molecule has 3 N–H and O–H groups in total. The van der Waals surface area contributed by atoms with Crippen molar-refractivity contribution in [1.82, 2.24) is 19.7 Å². The van der Waals surface area contributed by atoms with Gasteiger partial charge in [0, 0.05) is 46.8 Å². The van der Waals surface area contributed by atoms with Crippen LogP contribution in [0.1, 0.15) is 54.4 Å². The van der Waals surface area contributed by atoms with Crippen molar-refractivity contribution in [3.05, 3.63) is 101 Å². The number of rotatable bonds is 4. The van der Waals surface area contributed by atoms with Crippen LogP contribution in [0.2, 0.25) is 0 Å². The Morgan fingerprint density at radius 3 is 2.73 bits per heavy atom. The number of methoxy groups -OCH3 is 1. The Balaban J connectivity index is 1.39. The predicted molar refractivity (Wildman–Crippen MR) is 166 cm³/mol. The fraction of sp³-hybridized carbons (Fsp3) is 0.242. The van der Waals surface area contributed by atoms with Gasteiger partial charge in [0.1, 0.15) is 11.7 Å². The van der Waals surface area contributed by atoms with Crippen molar-refractivity contribution >= 4 is 23.4 Å². The third-order valence-electron chi connectivity index (χ3n) is 7.84. The molecular formula is C33H33N7O4. The molecule has 0 unspecified atom stereocenters. The molecule has 0 spiro atoms. The summed E-state index contributed by atoms with van der Waals surface area (Å²) in [7, 11) is 1.29. The maximum Gasteiger partial charge on any atom is 0.411 e. The van der Waals surface area contributed by atoms with E-state index in [0.717, 1.165) is 32.8 Å². The van der Waals surface area contributed by atoms with E-state index in [9.17, 15) is 14.8 Å². The number of carbonyl (C=O) groups is 2. The number of pyridine rings is 1. The van der Waals surface area contributed by atoms with Crippen LogP contribution in [0.4, 0.5) is 16.2 Å². The monoisotopic (exact) mass is 591 g/mol. The number of carbonyl (C=O) groups excluding carboxylic acids is 2. The Hall–Kier alpha value is -5.45. The number of benzene rings is 2. The van der Waals surface area contributed by atoms with Crippen LogP contribution in [0.25, 0.3) is 28.1 Å². The van der Waals surface area contributed by atoms with Gasteiger partial charge < -0.3 is 20.2 Å². The summed E-state index contributed by atoms with van der Waals surface area (Å²) in [6, 6.07) is 16.9. The van der Waals surface area contributed by atoms with E-state index in [-0.39, 0.29) is 11.8 Å². The van der Waals surface area contributed by atoms with Crippen molar-refractivity contribution < 1.29 is 19.1 Å². The first kappa shape index (κ1) is 28.7. The highest BCUT2D eigenvalue weighted by molar-refractivity contribution is 5.97. The van der Waals surface area contributed by atoms with Gasteiger partial charge in [0.05, 0.1) is 30.4 Å². The Labute approximate surface area is 254 Å². The minimum Gasteiger partial charge on any atom is -0.618 e. The second-order valence-corrected chi connectivity index (χ2v) is 11.0. The molecule has 2 amide bonds. The number of para-hydroxylation sites is 1. The fourth-order valence-electron chi connectivity index (χ4n) is 5.67. The van der Waals surface area contributed by atoms with Crippen LogP contribution in [0.15, 0.2) is 73.2 Å². The summed E-state index contributed by atoms with van der Waals surface area (Å²) in [6.07, 6.45) is 7.06. The minimum atomic E-state index is -0.609. The molecule has 3 aromatic heterocycles. The molecule has 1 aliphatic heterocycles. The number of nitrogens with zero attached hydrogens (tertiary/aromatic N) is 4. The SMILES string of the molecule is COC(=O)Nc1ccc2c(c1)NC(=O)CCCC[C@H](c1ccc(-c3ccccc3-n3cc(C)cn3)c[n+]1[O-])c1nc-2c(C)[nH]1. The predicted octanol–water partition coefficient (Wildman–Crippen LogP) is 6.00. The zero-order chi connectivity index (χ0) is 30.8. The van der Waals surface area contributed by atoms with Crippen LogP contribution in [-0.4, -0.2) is 38.9 Å². The molecule has 5 aromatic rings. The van der Waals surface area contributed by atoms with E-state index in [1.165, 1.54) is 7.11 Å². The number of amides is 2. The maximum atomic E-state index is 13.7. The topological polar surface area (TPSA) is 141 Å². The third-order valence-corrected chi connectivity index (χ3v) is 7.84. The zero-order valence-corrected chi connectivity index (χ0v) is 24.8. The van der Waals surface area contributed by atoms with Gasteiger partial charge in [-0.15, -0.1) is 0 Å². The number of fused-ring (bicyclic) bond motifs is 4. The lowest BCUT2D eigenvalue weighted by Crippen LogP contribution is -2.34. The van der Waals surface area contributed by atoms with Crippen LogP contribution in [0.3, 0.4) is 0 Å². The molecule has 2 bridgehead atoms. The highest BCUT2D eigenvalue weighted by atomic mass is 16.5. The average Bonchev–Trinajstić information content (AvgIpc) is 3.62. The average molecular weight is 592 g/mol. The summed E-state index contributed by atoms with van der Waals surface area (Å²) < 4.78 is 7.46. The van der Waals surface area contributed by atoms with Crippen LogP contribution >= 0.6 is 0 Å². The zero-order valence-electron chi connectivity index (χ0n) is 24.8. The molecule has 11 heteroatoms. The number of aryl methyl sites for hydroxylation is 2. The molecule has 224 valence electrons. The Morgan fingerprint density at radius 1 is 1.11 bits per heavy atom. The maximum absolute atomic E-state index is 13.7. The van der Waals surface area contributed by atoms with Gasteiger partial charge in [-0.1, -0.05) is 24.6 Å². The highest BCUT2D eigenvalue weighted by Crippen LogP contribution is 2.36. The number of nitrogens with one attached hydrogen (secondary N) is 3. The molecular weight excluding hydrogens is 558 g/mol. The largest absolute Gasteiger partial charge is 0.618 e. The second kappa shape index (κ2) is 12.0. The van der Waals surface area contributed by atoms with Gasteiger partial charge in [-0.2, -0.15) is 9.83 Å². The number of hydrogen-bond donors (Lipinski definition) is 3. The van der Waals surface area contributed by atoms with Gasteiger partial charge in [-0.3, -0.25) is 10.1 Å². The van der Waals surface area contributed by atoms with E-state index in [2.05, 4.69) is 20.7 Å². The standard InChI is InChI=1S/C33H33N7O4/c1-20-17-34-39(18-20)28-10-6-4-8-24(28)22-12-15-29(40(43)19-22)26-9-5-7-11-30(41)37-27-16-23(36-33(42)44-3)13-14-25(27)31-21(2)35-32(26)38-31/h4,6,8,10,12-19,26H,5,7,9,11H2,1-3H3,(H,35,38)(H,36,42)(H,37,41)/t26-/m1/s1. The molecule has 0 fully saturated rings. The number of imidazole rings is 1. The highest BCUT2D eigenvalue weighted by Gasteiger charge is 2.28. The Morgan fingerprint density at radius 2 is 1.95 bits per heavy atom. The molecule has 0 aliphatic carbocycles.